The van der Waals surface area contributed by atoms with Crippen molar-refractivity contribution in [2.75, 3.05) is 26.3 Å². The molecule has 11 heteroatoms. The average molecular weight is 464 g/mol. The number of hydrogen-bond acceptors (Lipinski definition) is 7. The number of aromatic amines is 1. The topological polar surface area (TPSA) is 130 Å². The fourth-order valence-electron chi connectivity index (χ4n) is 3.60. The van der Waals surface area contributed by atoms with Crippen molar-refractivity contribution in [2.45, 2.75) is 45.4 Å². The lowest BCUT2D eigenvalue weighted by atomic mass is 10.2. The van der Waals surface area contributed by atoms with Crippen LogP contribution in [0.5, 0.6) is 5.75 Å². The largest absolute Gasteiger partial charge is 0.493 e. The third-order valence-corrected chi connectivity index (χ3v) is 7.04. The van der Waals surface area contributed by atoms with Gasteiger partial charge in [0, 0.05) is 13.1 Å². The molecule has 2 heterocycles. The van der Waals surface area contributed by atoms with E-state index in [4.69, 9.17) is 4.74 Å². The number of benzene rings is 1. The number of imidazole rings is 1. The van der Waals surface area contributed by atoms with Gasteiger partial charge in [-0.3, -0.25) is 4.98 Å². The molecule has 0 spiro atoms. The molecule has 0 amide bonds. The summed E-state index contributed by atoms with van der Waals surface area (Å²) in [6.07, 6.45) is 1.50. The number of fused-ring (bicyclic) bond motifs is 1. The first-order valence-corrected chi connectivity index (χ1v) is 12.1. The molecule has 2 aromatic heterocycles. The van der Waals surface area contributed by atoms with Crippen LogP contribution in [0.25, 0.3) is 17.0 Å². The van der Waals surface area contributed by atoms with Gasteiger partial charge in [-0.1, -0.05) is 20.3 Å². The lowest BCUT2D eigenvalue weighted by Gasteiger charge is -2.20. The number of aryl methyl sites for hydroxylation is 2. The van der Waals surface area contributed by atoms with Crippen LogP contribution >= 0.6 is 0 Å². The van der Waals surface area contributed by atoms with Crippen molar-refractivity contribution in [1.82, 2.24) is 23.7 Å². The van der Waals surface area contributed by atoms with Crippen LogP contribution in [0.1, 0.15) is 38.7 Å². The molecule has 10 nitrogen and oxygen atoms in total. The quantitative estimate of drug-likeness (QED) is 0.468. The Morgan fingerprint density at radius 1 is 1.22 bits per heavy atom. The van der Waals surface area contributed by atoms with E-state index in [9.17, 15) is 18.3 Å². The number of aliphatic hydroxyl groups is 1. The Morgan fingerprint density at radius 3 is 2.59 bits per heavy atom. The second kappa shape index (κ2) is 9.80. The zero-order valence-electron chi connectivity index (χ0n) is 18.8. The molecule has 32 heavy (non-hydrogen) atoms. The van der Waals surface area contributed by atoms with E-state index >= 15 is 0 Å². The van der Waals surface area contributed by atoms with E-state index in [2.05, 4.69) is 15.0 Å². The highest BCUT2D eigenvalue weighted by Crippen LogP contribution is 2.31. The third-order valence-electron chi connectivity index (χ3n) is 5.07. The van der Waals surface area contributed by atoms with Crippen molar-refractivity contribution in [1.29, 1.82) is 0 Å². The minimum Gasteiger partial charge on any atom is -0.493 e. The number of hydrogen-bond donors (Lipinski definition) is 2. The standard InChI is InChI=1S/C21H29N5O5S/c1-5-8-17-20-23-19(24-21(28)26(20)14(4)22-17)16-13-15(9-10-18(16)31-7-3)32(29,30)25(6-2)11-12-27/h9-10,13,27H,5-8,11-12H2,1-4H3,(H,23,24,28). The predicted molar refractivity (Wildman–Crippen MR) is 120 cm³/mol. The first-order chi connectivity index (χ1) is 15.3. The van der Waals surface area contributed by atoms with Gasteiger partial charge in [0.15, 0.2) is 5.65 Å². The van der Waals surface area contributed by atoms with Crippen LogP contribution in [0, 0.1) is 6.92 Å². The number of aliphatic hydroxyl groups excluding tert-OH is 1. The predicted octanol–water partition coefficient (Wildman–Crippen LogP) is 1.75. The van der Waals surface area contributed by atoms with Gasteiger partial charge in [0.05, 0.1) is 29.4 Å². The van der Waals surface area contributed by atoms with Crippen LogP contribution in [-0.2, 0) is 16.4 Å². The zero-order valence-corrected chi connectivity index (χ0v) is 19.6. The first-order valence-electron chi connectivity index (χ1n) is 10.6. The molecule has 3 rings (SSSR count). The highest BCUT2D eigenvalue weighted by molar-refractivity contribution is 7.89. The smallest absolute Gasteiger partial charge is 0.334 e. The van der Waals surface area contributed by atoms with Gasteiger partial charge in [0.2, 0.25) is 10.0 Å². The second-order valence-corrected chi connectivity index (χ2v) is 9.15. The van der Waals surface area contributed by atoms with Crippen molar-refractivity contribution in [3.05, 3.63) is 40.2 Å². The number of aromatic nitrogens is 4. The van der Waals surface area contributed by atoms with Gasteiger partial charge in [-0.05, 0) is 38.5 Å². The molecule has 0 atom stereocenters. The highest BCUT2D eigenvalue weighted by atomic mass is 32.2. The summed E-state index contributed by atoms with van der Waals surface area (Å²) >= 11 is 0. The number of ether oxygens (including phenoxy) is 1. The van der Waals surface area contributed by atoms with Crippen LogP contribution in [0.2, 0.25) is 0 Å². The zero-order chi connectivity index (χ0) is 23.5. The average Bonchev–Trinajstić information content (AvgIpc) is 3.08. The number of H-pyrrole nitrogens is 1. The van der Waals surface area contributed by atoms with E-state index in [1.54, 1.807) is 19.9 Å². The van der Waals surface area contributed by atoms with Crippen LogP contribution in [0.3, 0.4) is 0 Å². The van der Waals surface area contributed by atoms with Crippen LogP contribution in [0.15, 0.2) is 27.9 Å². The molecule has 174 valence electrons. The van der Waals surface area contributed by atoms with E-state index in [0.717, 1.165) is 6.42 Å². The van der Waals surface area contributed by atoms with Gasteiger partial charge < -0.3 is 9.84 Å². The Labute approximate surface area is 187 Å². The summed E-state index contributed by atoms with van der Waals surface area (Å²) in [6, 6.07) is 4.45. The fourth-order valence-corrected chi connectivity index (χ4v) is 5.07. The summed E-state index contributed by atoms with van der Waals surface area (Å²) in [5.74, 6) is 1.13. The van der Waals surface area contributed by atoms with Gasteiger partial charge in [0.25, 0.3) is 0 Å². The monoisotopic (exact) mass is 463 g/mol. The summed E-state index contributed by atoms with van der Waals surface area (Å²) in [5.41, 5.74) is 1.09. The summed E-state index contributed by atoms with van der Waals surface area (Å²) < 4.78 is 34.5. The van der Waals surface area contributed by atoms with Crippen LogP contribution < -0.4 is 10.4 Å². The molecule has 0 aliphatic heterocycles. The molecular formula is C21H29N5O5S. The lowest BCUT2D eigenvalue weighted by Crippen LogP contribution is -2.33. The van der Waals surface area contributed by atoms with E-state index in [1.165, 1.54) is 20.8 Å². The summed E-state index contributed by atoms with van der Waals surface area (Å²) in [6.45, 7) is 7.53. The maximum atomic E-state index is 13.1. The summed E-state index contributed by atoms with van der Waals surface area (Å²) in [5, 5.41) is 9.24. The molecule has 1 aromatic carbocycles. The lowest BCUT2D eigenvalue weighted by molar-refractivity contribution is 0.257. The van der Waals surface area contributed by atoms with Gasteiger partial charge in [0.1, 0.15) is 17.4 Å². The fraction of sp³-hybridized carbons (Fsp3) is 0.476. The Balaban J connectivity index is 2.24. The van der Waals surface area contributed by atoms with E-state index in [-0.39, 0.29) is 30.4 Å². The van der Waals surface area contributed by atoms with Crippen LogP contribution in [0.4, 0.5) is 0 Å². The first kappa shape index (κ1) is 23.9. The number of nitrogens with zero attached hydrogens (tertiary/aromatic N) is 4. The third kappa shape index (κ3) is 4.41. The Morgan fingerprint density at radius 2 is 1.97 bits per heavy atom. The molecule has 0 unspecified atom stereocenters. The molecular weight excluding hydrogens is 434 g/mol. The van der Waals surface area contributed by atoms with E-state index < -0.39 is 15.7 Å². The second-order valence-electron chi connectivity index (χ2n) is 7.22. The molecule has 0 radical (unpaired) electrons. The molecule has 0 bridgehead atoms. The molecule has 0 aliphatic carbocycles. The Kier molecular flexibility index (Phi) is 7.32. The van der Waals surface area contributed by atoms with Gasteiger partial charge in [-0.25, -0.2) is 27.6 Å². The van der Waals surface area contributed by atoms with E-state index in [0.29, 0.717) is 41.5 Å². The molecule has 3 aromatic rings. The number of nitrogens with one attached hydrogen (secondary N) is 1. The van der Waals surface area contributed by atoms with Crippen LogP contribution in [-0.4, -0.2) is 63.5 Å². The summed E-state index contributed by atoms with van der Waals surface area (Å²) in [4.78, 5) is 24.7. The number of likely N-dealkylation sites (N-methyl/N-ethyl adjacent to an activating group) is 1. The van der Waals surface area contributed by atoms with Crippen molar-refractivity contribution in [2.24, 2.45) is 0 Å². The van der Waals surface area contributed by atoms with Gasteiger partial charge in [-0.2, -0.15) is 4.31 Å². The van der Waals surface area contributed by atoms with Gasteiger partial charge in [-0.15, -0.1) is 0 Å². The maximum absolute atomic E-state index is 13.1. The Hall–Kier alpha value is -2.76. The maximum Gasteiger partial charge on any atom is 0.334 e. The van der Waals surface area contributed by atoms with Gasteiger partial charge >= 0.3 is 5.69 Å². The highest BCUT2D eigenvalue weighted by Gasteiger charge is 2.25. The molecule has 0 fully saturated rings. The Bertz CT molecular complexity index is 1270. The van der Waals surface area contributed by atoms with E-state index in [1.807, 2.05) is 13.8 Å². The van der Waals surface area contributed by atoms with Crippen molar-refractivity contribution >= 4 is 15.7 Å². The molecule has 0 saturated carbocycles. The molecule has 0 saturated heterocycles. The normalized spacial score (nSPS) is 12.1. The minimum atomic E-state index is -3.86. The van der Waals surface area contributed by atoms with Crippen molar-refractivity contribution in [3.63, 3.8) is 0 Å². The molecule has 0 aliphatic rings. The minimum absolute atomic E-state index is 0.0160. The number of sulfonamides is 1. The van der Waals surface area contributed by atoms with Crippen molar-refractivity contribution < 1.29 is 18.3 Å². The summed E-state index contributed by atoms with van der Waals surface area (Å²) in [7, 11) is -3.86. The van der Waals surface area contributed by atoms with Crippen molar-refractivity contribution in [3.8, 4) is 17.1 Å². The SMILES string of the molecule is CCCc1nc(C)n2c(=O)[nH]c(-c3cc(S(=O)(=O)N(CC)CCO)ccc3OCC)nc12. The molecule has 2 N–H and O–H groups in total. The number of rotatable bonds is 10.